The second kappa shape index (κ2) is 10.3. The Morgan fingerprint density at radius 2 is 1.85 bits per heavy atom. The van der Waals surface area contributed by atoms with Gasteiger partial charge in [0, 0.05) is 6.42 Å². The summed E-state index contributed by atoms with van der Waals surface area (Å²) in [5, 5.41) is 6.45. The number of hydrazone groups is 1. The SMILES string of the molecule is CCOC(=O)[C@H]1CCCCN1CC(=O)N1N=C(c2cccc(C)c2)C[C@H]1c1ccc(C)cc1. The van der Waals surface area contributed by atoms with Crippen LogP contribution in [0.25, 0.3) is 0 Å². The van der Waals surface area contributed by atoms with Crippen LogP contribution in [0.3, 0.4) is 0 Å². The molecule has 0 N–H and O–H groups in total. The number of hydrogen-bond acceptors (Lipinski definition) is 5. The Balaban J connectivity index is 1.59. The van der Waals surface area contributed by atoms with Gasteiger partial charge in [0.2, 0.25) is 0 Å². The number of nitrogens with zero attached hydrogens (tertiary/aromatic N) is 3. The molecule has 1 amide bonds. The summed E-state index contributed by atoms with van der Waals surface area (Å²) in [6.07, 6.45) is 3.34. The summed E-state index contributed by atoms with van der Waals surface area (Å²) >= 11 is 0. The molecule has 2 aromatic carbocycles. The minimum Gasteiger partial charge on any atom is -0.465 e. The summed E-state index contributed by atoms with van der Waals surface area (Å²) in [5.74, 6) is -0.315. The van der Waals surface area contributed by atoms with E-state index in [1.54, 1.807) is 5.01 Å². The van der Waals surface area contributed by atoms with Gasteiger partial charge in [-0.1, -0.05) is 66.1 Å². The molecule has 174 valence electrons. The van der Waals surface area contributed by atoms with Crippen molar-refractivity contribution in [1.29, 1.82) is 0 Å². The predicted molar refractivity (Wildman–Crippen MR) is 129 cm³/mol. The summed E-state index contributed by atoms with van der Waals surface area (Å²) in [5.41, 5.74) is 5.38. The first-order valence-electron chi connectivity index (χ1n) is 11.9. The first kappa shape index (κ1) is 23.2. The molecule has 0 unspecified atom stereocenters. The van der Waals surface area contributed by atoms with Crippen molar-refractivity contribution in [3.63, 3.8) is 0 Å². The van der Waals surface area contributed by atoms with E-state index in [9.17, 15) is 9.59 Å². The third-order valence-electron chi connectivity index (χ3n) is 6.49. The van der Waals surface area contributed by atoms with Gasteiger partial charge in [0.05, 0.1) is 24.9 Å². The highest BCUT2D eigenvalue weighted by atomic mass is 16.5. The van der Waals surface area contributed by atoms with Gasteiger partial charge in [0.1, 0.15) is 6.04 Å². The number of likely N-dealkylation sites (tertiary alicyclic amines) is 1. The van der Waals surface area contributed by atoms with Crippen LogP contribution in [0.4, 0.5) is 0 Å². The van der Waals surface area contributed by atoms with E-state index in [1.807, 2.05) is 24.0 Å². The van der Waals surface area contributed by atoms with Crippen molar-refractivity contribution in [2.75, 3.05) is 19.7 Å². The summed E-state index contributed by atoms with van der Waals surface area (Å²) in [7, 11) is 0. The van der Waals surface area contributed by atoms with Gasteiger partial charge in [-0.15, -0.1) is 0 Å². The van der Waals surface area contributed by atoms with Crippen molar-refractivity contribution < 1.29 is 14.3 Å². The van der Waals surface area contributed by atoms with Crippen LogP contribution in [0.1, 0.15) is 60.9 Å². The fourth-order valence-electron chi connectivity index (χ4n) is 4.72. The zero-order valence-electron chi connectivity index (χ0n) is 19.8. The molecule has 2 aliphatic rings. The van der Waals surface area contributed by atoms with Crippen molar-refractivity contribution in [2.24, 2.45) is 5.10 Å². The maximum Gasteiger partial charge on any atom is 0.323 e. The highest BCUT2D eigenvalue weighted by Crippen LogP contribution is 2.33. The first-order chi connectivity index (χ1) is 16.0. The van der Waals surface area contributed by atoms with Gasteiger partial charge in [-0.3, -0.25) is 14.5 Å². The number of esters is 1. The number of benzene rings is 2. The minimum atomic E-state index is -0.358. The number of carbonyl (C=O) groups excluding carboxylic acids is 2. The lowest BCUT2D eigenvalue weighted by Crippen LogP contribution is -2.49. The summed E-state index contributed by atoms with van der Waals surface area (Å²) in [6.45, 7) is 7.16. The van der Waals surface area contributed by atoms with Gasteiger partial charge in [0.25, 0.3) is 5.91 Å². The minimum absolute atomic E-state index is 0.0839. The highest BCUT2D eigenvalue weighted by Gasteiger charge is 2.37. The zero-order valence-corrected chi connectivity index (χ0v) is 19.8. The second-order valence-electron chi connectivity index (χ2n) is 9.02. The Labute approximate surface area is 196 Å². The van der Waals surface area contributed by atoms with Crippen LogP contribution in [-0.2, 0) is 14.3 Å². The molecule has 2 heterocycles. The fraction of sp³-hybridized carbons (Fsp3) is 0.444. The van der Waals surface area contributed by atoms with E-state index < -0.39 is 0 Å². The maximum absolute atomic E-state index is 13.6. The molecule has 0 saturated carbocycles. The smallest absolute Gasteiger partial charge is 0.323 e. The molecular weight excluding hydrogens is 414 g/mol. The van der Waals surface area contributed by atoms with Gasteiger partial charge in [-0.05, 0) is 51.3 Å². The Morgan fingerprint density at radius 1 is 1.06 bits per heavy atom. The molecule has 4 rings (SSSR count). The number of carbonyl (C=O) groups is 2. The quantitative estimate of drug-likeness (QED) is 0.616. The molecule has 0 aliphatic carbocycles. The van der Waals surface area contributed by atoms with Crippen LogP contribution in [0.2, 0.25) is 0 Å². The largest absolute Gasteiger partial charge is 0.465 e. The molecule has 0 bridgehead atoms. The lowest BCUT2D eigenvalue weighted by Gasteiger charge is -2.34. The first-order valence-corrected chi connectivity index (χ1v) is 11.9. The predicted octanol–water partition coefficient (Wildman–Crippen LogP) is 4.40. The molecule has 2 aromatic rings. The summed E-state index contributed by atoms with van der Waals surface area (Å²) < 4.78 is 5.27. The van der Waals surface area contributed by atoms with E-state index >= 15 is 0 Å². The van der Waals surface area contributed by atoms with Crippen LogP contribution in [0, 0.1) is 13.8 Å². The van der Waals surface area contributed by atoms with Gasteiger partial charge in [-0.25, -0.2) is 5.01 Å². The lowest BCUT2D eigenvalue weighted by atomic mass is 9.97. The molecule has 2 atom stereocenters. The van der Waals surface area contributed by atoms with Gasteiger partial charge >= 0.3 is 5.97 Å². The average molecular weight is 448 g/mol. The van der Waals surface area contributed by atoms with E-state index in [4.69, 9.17) is 9.84 Å². The molecule has 6 heteroatoms. The normalized spacial score (nSPS) is 21.1. The maximum atomic E-state index is 13.6. The molecule has 6 nitrogen and oxygen atoms in total. The Morgan fingerprint density at radius 3 is 2.58 bits per heavy atom. The summed E-state index contributed by atoms with van der Waals surface area (Å²) in [6, 6.07) is 16.0. The number of piperidine rings is 1. The van der Waals surface area contributed by atoms with E-state index in [1.165, 1.54) is 5.56 Å². The number of ether oxygens (including phenoxy) is 1. The molecule has 33 heavy (non-hydrogen) atoms. The molecular formula is C27H33N3O3. The molecule has 0 radical (unpaired) electrons. The van der Waals surface area contributed by atoms with E-state index in [0.717, 1.165) is 41.7 Å². The number of aryl methyl sites for hydroxylation is 2. The van der Waals surface area contributed by atoms with Crippen LogP contribution >= 0.6 is 0 Å². The molecule has 1 saturated heterocycles. The number of amides is 1. The topological polar surface area (TPSA) is 62.2 Å². The third kappa shape index (κ3) is 5.33. The zero-order chi connectivity index (χ0) is 23.4. The Hall–Kier alpha value is -2.99. The number of hydrogen-bond donors (Lipinski definition) is 0. The Kier molecular flexibility index (Phi) is 7.23. The van der Waals surface area contributed by atoms with E-state index in [2.05, 4.69) is 50.2 Å². The second-order valence-corrected chi connectivity index (χ2v) is 9.02. The van der Waals surface area contributed by atoms with Gasteiger partial charge < -0.3 is 4.74 Å². The highest BCUT2D eigenvalue weighted by molar-refractivity contribution is 6.03. The monoisotopic (exact) mass is 447 g/mol. The Bertz CT molecular complexity index is 1030. The van der Waals surface area contributed by atoms with Crippen LogP contribution in [0.15, 0.2) is 53.6 Å². The van der Waals surface area contributed by atoms with E-state index in [-0.39, 0.29) is 30.5 Å². The van der Waals surface area contributed by atoms with E-state index in [0.29, 0.717) is 19.6 Å². The van der Waals surface area contributed by atoms with Crippen molar-refractivity contribution in [2.45, 2.75) is 58.5 Å². The van der Waals surface area contributed by atoms with Crippen LogP contribution < -0.4 is 0 Å². The standard InChI is InChI=1S/C27H33N3O3/c1-4-33-27(32)24-10-5-6-15-29(24)18-26(31)30-25(21-13-11-19(2)12-14-21)17-23(28-30)22-9-7-8-20(3)16-22/h7-9,11-14,16,24-25H,4-6,10,15,17-18H2,1-3H3/t24-,25+/m1/s1. The average Bonchev–Trinajstić information content (AvgIpc) is 3.26. The molecule has 0 aromatic heterocycles. The fourth-order valence-corrected chi connectivity index (χ4v) is 4.72. The van der Waals surface area contributed by atoms with Crippen molar-refractivity contribution >= 4 is 17.6 Å². The van der Waals surface area contributed by atoms with Crippen molar-refractivity contribution in [3.8, 4) is 0 Å². The number of rotatable bonds is 6. The van der Waals surface area contributed by atoms with Crippen molar-refractivity contribution in [1.82, 2.24) is 9.91 Å². The summed E-state index contributed by atoms with van der Waals surface area (Å²) in [4.78, 5) is 28.0. The molecule has 1 fully saturated rings. The van der Waals surface area contributed by atoms with Crippen LogP contribution in [-0.4, -0.2) is 53.2 Å². The van der Waals surface area contributed by atoms with Gasteiger partial charge in [-0.2, -0.15) is 5.10 Å². The van der Waals surface area contributed by atoms with Gasteiger partial charge in [0.15, 0.2) is 0 Å². The molecule has 2 aliphatic heterocycles. The molecule has 0 spiro atoms. The lowest BCUT2D eigenvalue weighted by molar-refractivity contribution is -0.152. The third-order valence-corrected chi connectivity index (χ3v) is 6.49. The van der Waals surface area contributed by atoms with Crippen molar-refractivity contribution in [3.05, 3.63) is 70.8 Å². The van der Waals surface area contributed by atoms with Crippen LogP contribution in [0.5, 0.6) is 0 Å².